The first kappa shape index (κ1) is 29.8. The third-order valence-corrected chi connectivity index (χ3v) is 5.37. The van der Waals surface area contributed by atoms with E-state index in [9.17, 15) is 8.42 Å². The maximum atomic E-state index is 10.5. The van der Waals surface area contributed by atoms with Crippen molar-refractivity contribution in [1.29, 1.82) is 0 Å². The summed E-state index contributed by atoms with van der Waals surface area (Å²) in [6, 6.07) is 0. The molecule has 0 bridgehead atoms. The van der Waals surface area contributed by atoms with Gasteiger partial charge in [0.25, 0.3) is 10.1 Å². The summed E-state index contributed by atoms with van der Waals surface area (Å²) in [5, 5.41) is 3.05. The van der Waals surface area contributed by atoms with Crippen molar-refractivity contribution >= 4 is 10.1 Å². The van der Waals surface area contributed by atoms with Gasteiger partial charge in [-0.15, -0.1) is 0 Å². The van der Waals surface area contributed by atoms with Crippen LogP contribution in [0.1, 0.15) is 105 Å². The first-order valence-electron chi connectivity index (χ1n) is 10.9. The Kier molecular flexibility index (Phi) is 25.3. The van der Waals surface area contributed by atoms with Gasteiger partial charge in [0.2, 0.25) is 0 Å². The second-order valence-electron chi connectivity index (χ2n) is 7.33. The molecule has 0 aliphatic rings. The van der Waals surface area contributed by atoms with Crippen LogP contribution in [-0.2, 0) is 10.1 Å². The van der Waals surface area contributed by atoms with Crippen LogP contribution in [0.25, 0.3) is 0 Å². The molecule has 0 rings (SSSR count). The summed E-state index contributed by atoms with van der Waals surface area (Å²) in [5.74, 6) is -0.194. The van der Waals surface area contributed by atoms with Crippen LogP contribution < -0.4 is 34.9 Å². The third-order valence-electron chi connectivity index (χ3n) is 4.65. The maximum absolute atomic E-state index is 10.5. The quantitative estimate of drug-likeness (QED) is 0.139. The molecule has 0 amide bonds. The average molecular weight is 414 g/mol. The molecule has 0 aromatic carbocycles. The van der Waals surface area contributed by atoms with Gasteiger partial charge in [0.15, 0.2) is 0 Å². The standard InChI is InChI=1S/C21H43NO3S.Na.H/c1-2-3-4-5-6-7-8-9-10-11-12-13-14-15-16-17-18-19-22-20-21-26(23,24)25;;/h9-10,22H,2-8,11-21H2,1H3,(H,23,24,25);;/q;+1;-1/b10-9-;;. The van der Waals surface area contributed by atoms with Crippen molar-refractivity contribution in [3.05, 3.63) is 12.2 Å². The summed E-state index contributed by atoms with van der Waals surface area (Å²) in [7, 11) is -3.82. The third kappa shape index (κ3) is 28.9. The first-order chi connectivity index (χ1) is 12.6. The molecule has 2 N–H and O–H groups in total. The van der Waals surface area contributed by atoms with Gasteiger partial charge >= 0.3 is 29.6 Å². The molecule has 6 heteroatoms. The molecule has 0 aliphatic carbocycles. The van der Waals surface area contributed by atoms with Gasteiger partial charge in [-0.05, 0) is 38.6 Å². The molecule has 0 spiro atoms. The normalized spacial score (nSPS) is 11.8. The number of rotatable bonds is 20. The minimum Gasteiger partial charge on any atom is -1.00 e. The van der Waals surface area contributed by atoms with Crippen molar-refractivity contribution in [2.24, 2.45) is 0 Å². The molecule has 0 aliphatic heterocycles. The minimum absolute atomic E-state index is 0. The average Bonchev–Trinajstić information content (AvgIpc) is 2.59. The smallest absolute Gasteiger partial charge is 1.00 e. The Bertz CT molecular complexity index is 420. The molecule has 0 fully saturated rings. The summed E-state index contributed by atoms with van der Waals surface area (Å²) < 4.78 is 29.7. The van der Waals surface area contributed by atoms with E-state index in [1.807, 2.05) is 0 Å². The summed E-state index contributed by atoms with van der Waals surface area (Å²) in [5.41, 5.74) is 0. The predicted octanol–water partition coefficient (Wildman–Crippen LogP) is 3.01. The second kappa shape index (κ2) is 22.9. The van der Waals surface area contributed by atoms with Crippen molar-refractivity contribution in [3.63, 3.8) is 0 Å². The van der Waals surface area contributed by atoms with E-state index >= 15 is 0 Å². The van der Waals surface area contributed by atoms with Crippen LogP contribution in [0.4, 0.5) is 0 Å². The van der Waals surface area contributed by atoms with Crippen LogP contribution in [0.3, 0.4) is 0 Å². The zero-order valence-electron chi connectivity index (χ0n) is 19.1. The molecule has 27 heavy (non-hydrogen) atoms. The van der Waals surface area contributed by atoms with E-state index in [0.29, 0.717) is 6.54 Å². The fourth-order valence-electron chi connectivity index (χ4n) is 3.00. The Labute approximate surface area is 192 Å². The van der Waals surface area contributed by atoms with E-state index in [0.717, 1.165) is 13.0 Å². The minimum atomic E-state index is -3.82. The van der Waals surface area contributed by atoms with Gasteiger partial charge < -0.3 is 6.74 Å². The summed E-state index contributed by atoms with van der Waals surface area (Å²) in [4.78, 5) is 0. The van der Waals surface area contributed by atoms with Crippen molar-refractivity contribution in [1.82, 2.24) is 5.32 Å². The Hall–Kier alpha value is 0.610. The predicted molar refractivity (Wildman–Crippen MR) is 114 cm³/mol. The first-order valence-corrected chi connectivity index (χ1v) is 12.5. The topological polar surface area (TPSA) is 66.4 Å². The molecular formula is C21H44NNaO3S. The molecule has 0 saturated heterocycles. The molecule has 4 nitrogen and oxygen atoms in total. The van der Waals surface area contributed by atoms with Crippen LogP contribution in [0, 0.1) is 0 Å². The van der Waals surface area contributed by atoms with E-state index < -0.39 is 10.1 Å². The number of hydrogen-bond acceptors (Lipinski definition) is 3. The second-order valence-corrected chi connectivity index (χ2v) is 8.90. The van der Waals surface area contributed by atoms with Crippen LogP contribution in [0.15, 0.2) is 12.2 Å². The summed E-state index contributed by atoms with van der Waals surface area (Å²) in [6.45, 7) is 3.44. The molecule has 0 aromatic heterocycles. The Morgan fingerprint density at radius 2 is 1.19 bits per heavy atom. The van der Waals surface area contributed by atoms with E-state index in [2.05, 4.69) is 24.4 Å². The Balaban J connectivity index is -0.00000312. The molecule has 0 saturated carbocycles. The fourth-order valence-corrected chi connectivity index (χ4v) is 3.40. The fraction of sp³-hybridized carbons (Fsp3) is 0.905. The molecule has 158 valence electrons. The number of allylic oxidation sites excluding steroid dienone is 2. The Morgan fingerprint density at radius 1 is 0.741 bits per heavy atom. The van der Waals surface area contributed by atoms with E-state index in [1.165, 1.54) is 89.9 Å². The van der Waals surface area contributed by atoms with Gasteiger partial charge in [-0.2, -0.15) is 8.42 Å². The van der Waals surface area contributed by atoms with Crippen molar-refractivity contribution < 1.29 is 44.0 Å². The molecule has 0 heterocycles. The van der Waals surface area contributed by atoms with E-state index in [4.69, 9.17) is 4.55 Å². The van der Waals surface area contributed by atoms with Gasteiger partial charge in [0, 0.05) is 6.54 Å². The van der Waals surface area contributed by atoms with Crippen molar-refractivity contribution in [2.75, 3.05) is 18.8 Å². The van der Waals surface area contributed by atoms with E-state index in [1.54, 1.807) is 0 Å². The van der Waals surface area contributed by atoms with Crippen molar-refractivity contribution in [3.8, 4) is 0 Å². The SMILES string of the molecule is CCCCCCCC/C=C\CCCCCCCCCNCCS(=O)(=O)O.[H-].[Na+]. The Morgan fingerprint density at radius 3 is 1.67 bits per heavy atom. The summed E-state index contributed by atoms with van der Waals surface area (Å²) in [6.07, 6.45) is 24.3. The largest absolute Gasteiger partial charge is 1.00 e. The van der Waals surface area contributed by atoms with Crippen LogP contribution in [-0.4, -0.2) is 31.8 Å². The van der Waals surface area contributed by atoms with Gasteiger partial charge in [0.05, 0.1) is 5.75 Å². The number of hydrogen-bond donors (Lipinski definition) is 2. The van der Waals surface area contributed by atoms with Gasteiger partial charge in [-0.1, -0.05) is 83.3 Å². The van der Waals surface area contributed by atoms with Crippen LogP contribution in [0.5, 0.6) is 0 Å². The number of unbranched alkanes of at least 4 members (excludes halogenated alkanes) is 13. The molecule has 0 radical (unpaired) electrons. The molecule has 0 unspecified atom stereocenters. The maximum Gasteiger partial charge on any atom is 1.00 e. The van der Waals surface area contributed by atoms with Gasteiger partial charge in [-0.3, -0.25) is 4.55 Å². The van der Waals surface area contributed by atoms with Gasteiger partial charge in [0.1, 0.15) is 0 Å². The molecule has 0 aromatic rings. The zero-order chi connectivity index (χ0) is 19.3. The molecular weight excluding hydrogens is 369 g/mol. The van der Waals surface area contributed by atoms with Crippen LogP contribution in [0.2, 0.25) is 0 Å². The van der Waals surface area contributed by atoms with E-state index in [-0.39, 0.29) is 36.7 Å². The molecule has 0 atom stereocenters. The van der Waals surface area contributed by atoms with Crippen molar-refractivity contribution in [2.45, 2.75) is 103 Å². The monoisotopic (exact) mass is 413 g/mol. The number of nitrogens with one attached hydrogen (secondary N) is 1. The van der Waals surface area contributed by atoms with Crippen LogP contribution >= 0.6 is 0 Å². The summed E-state index contributed by atoms with van der Waals surface area (Å²) >= 11 is 0. The zero-order valence-corrected chi connectivity index (χ0v) is 20.9. The van der Waals surface area contributed by atoms with Gasteiger partial charge in [-0.25, -0.2) is 0 Å².